The van der Waals surface area contributed by atoms with Crippen molar-refractivity contribution in [1.29, 1.82) is 0 Å². The largest absolute Gasteiger partial charge is 0.504 e. The summed E-state index contributed by atoms with van der Waals surface area (Å²) in [5.41, 5.74) is -0.842. The molecule has 3 aliphatic rings. The Bertz CT molecular complexity index is 1520. The molecule has 4 atom stereocenters. The van der Waals surface area contributed by atoms with Gasteiger partial charge in [0.25, 0.3) is 5.56 Å². The van der Waals surface area contributed by atoms with Crippen molar-refractivity contribution in [2.45, 2.75) is 24.1 Å². The lowest BCUT2D eigenvalue weighted by Gasteiger charge is -2.26. The molecular weight excluding hydrogens is 444 g/mol. The fourth-order valence-electron chi connectivity index (χ4n) is 5.42. The van der Waals surface area contributed by atoms with Gasteiger partial charge in [-0.1, -0.05) is 41.7 Å². The maximum absolute atomic E-state index is 13.6. The zero-order valence-electron chi connectivity index (χ0n) is 18.1. The Kier molecular flexibility index (Phi) is 3.93. The quantitative estimate of drug-likeness (QED) is 0.588. The highest BCUT2D eigenvalue weighted by atomic mass is 32.1. The van der Waals surface area contributed by atoms with Crippen LogP contribution >= 0.6 is 11.3 Å². The molecule has 8 nitrogen and oxygen atoms in total. The van der Waals surface area contributed by atoms with E-state index >= 15 is 0 Å². The van der Waals surface area contributed by atoms with E-state index in [1.807, 2.05) is 31.2 Å². The zero-order valence-corrected chi connectivity index (χ0v) is 18.9. The second kappa shape index (κ2) is 6.48. The van der Waals surface area contributed by atoms with Crippen LogP contribution < -0.4 is 24.4 Å². The van der Waals surface area contributed by atoms with Gasteiger partial charge in [0.2, 0.25) is 0 Å². The first kappa shape index (κ1) is 20.0. The molecule has 3 heterocycles. The van der Waals surface area contributed by atoms with Crippen LogP contribution in [0, 0.1) is 5.92 Å². The van der Waals surface area contributed by atoms with Crippen molar-refractivity contribution in [2.75, 3.05) is 14.2 Å². The first-order chi connectivity index (χ1) is 15.9. The number of esters is 1. The number of aromatic hydroxyl groups is 1. The molecule has 0 amide bonds. The molecule has 0 bridgehead atoms. The van der Waals surface area contributed by atoms with Crippen molar-refractivity contribution in [2.24, 2.45) is 10.9 Å². The molecule has 1 saturated carbocycles. The van der Waals surface area contributed by atoms with Crippen LogP contribution in [0.3, 0.4) is 0 Å². The highest BCUT2D eigenvalue weighted by molar-refractivity contribution is 7.07. The van der Waals surface area contributed by atoms with Crippen molar-refractivity contribution in [3.8, 4) is 17.2 Å². The third kappa shape index (κ3) is 2.32. The molecule has 0 saturated heterocycles. The molecular formula is C24H20N2O6S. The topological polar surface area (TPSA) is 99.4 Å². The minimum absolute atomic E-state index is 0.0423. The summed E-state index contributed by atoms with van der Waals surface area (Å²) in [7, 11) is 2.82. The summed E-state index contributed by atoms with van der Waals surface area (Å²) in [6.07, 6.45) is 1.63. The van der Waals surface area contributed by atoms with Crippen LogP contribution in [-0.2, 0) is 9.53 Å². The Morgan fingerprint density at radius 1 is 1.24 bits per heavy atom. The summed E-state index contributed by atoms with van der Waals surface area (Å²) in [5, 5.41) is 10.5. The van der Waals surface area contributed by atoms with Crippen LogP contribution in [0.25, 0.3) is 6.08 Å². The molecule has 1 N–H and O–H groups in total. The van der Waals surface area contributed by atoms with E-state index in [-0.39, 0.29) is 11.3 Å². The summed E-state index contributed by atoms with van der Waals surface area (Å²) in [6.45, 7) is 1.87. The maximum atomic E-state index is 13.6. The van der Waals surface area contributed by atoms with E-state index < -0.39 is 29.1 Å². The molecule has 1 fully saturated rings. The van der Waals surface area contributed by atoms with Gasteiger partial charge in [-0.25, -0.2) is 4.99 Å². The van der Waals surface area contributed by atoms with E-state index in [0.717, 1.165) is 5.56 Å². The van der Waals surface area contributed by atoms with E-state index in [4.69, 9.17) is 19.2 Å². The smallest absolute Gasteiger partial charge is 0.315 e. The Labute approximate surface area is 192 Å². The number of hydrogen-bond donors (Lipinski definition) is 1. The third-order valence-electron chi connectivity index (χ3n) is 6.99. The van der Waals surface area contributed by atoms with Crippen LogP contribution in [0.15, 0.2) is 52.3 Å². The number of thiazole rings is 1. The standard InChI is InChI=1S/C24H20N2O6S/c1-23-18(21(29)31-3)24(23)19(13-8-4-5-9-14(13)32-24)26-20(28)16(33-22(26)25-23)11-12-7-6-10-15(30-2)17(12)27/h4-11,18-19,27H,1-3H3/b16-11-/t18-,19+,23+,24+/m0/s1. The number of phenols is 1. The highest BCUT2D eigenvalue weighted by Crippen LogP contribution is 2.70. The van der Waals surface area contributed by atoms with Gasteiger partial charge in [0.15, 0.2) is 21.9 Å². The molecule has 0 unspecified atom stereocenters. The van der Waals surface area contributed by atoms with E-state index in [9.17, 15) is 14.7 Å². The normalized spacial score (nSPS) is 28.5. The lowest BCUT2D eigenvalue weighted by molar-refractivity contribution is -0.144. The van der Waals surface area contributed by atoms with Gasteiger partial charge in [0, 0.05) is 11.1 Å². The predicted molar refractivity (Wildman–Crippen MR) is 119 cm³/mol. The van der Waals surface area contributed by atoms with E-state index in [0.29, 0.717) is 26.4 Å². The molecule has 33 heavy (non-hydrogen) atoms. The van der Waals surface area contributed by atoms with Crippen LogP contribution in [-0.4, -0.2) is 41.0 Å². The molecule has 0 radical (unpaired) electrons. The number of para-hydroxylation sites is 2. The first-order valence-corrected chi connectivity index (χ1v) is 11.2. The number of benzene rings is 2. The number of fused-ring (bicyclic) bond motifs is 4. The molecule has 168 valence electrons. The Morgan fingerprint density at radius 3 is 2.79 bits per heavy atom. The third-order valence-corrected chi connectivity index (χ3v) is 7.98. The van der Waals surface area contributed by atoms with Gasteiger partial charge in [0.1, 0.15) is 23.2 Å². The Hall–Kier alpha value is -3.59. The van der Waals surface area contributed by atoms with Crippen molar-refractivity contribution < 1.29 is 24.1 Å². The van der Waals surface area contributed by atoms with Crippen molar-refractivity contribution in [3.05, 3.63) is 73.3 Å². The summed E-state index contributed by atoms with van der Waals surface area (Å²) in [6, 6.07) is 12.1. The lowest BCUT2D eigenvalue weighted by atomic mass is 9.97. The lowest BCUT2D eigenvalue weighted by Crippen LogP contribution is -2.47. The van der Waals surface area contributed by atoms with Crippen molar-refractivity contribution in [1.82, 2.24) is 4.57 Å². The second-order valence-electron chi connectivity index (χ2n) is 8.52. The molecule has 6 rings (SSSR count). The van der Waals surface area contributed by atoms with Gasteiger partial charge in [-0.3, -0.25) is 14.2 Å². The first-order valence-electron chi connectivity index (χ1n) is 10.4. The number of nitrogens with zero attached hydrogens (tertiary/aromatic N) is 2. The van der Waals surface area contributed by atoms with Crippen LogP contribution in [0.4, 0.5) is 0 Å². The molecule has 1 aliphatic carbocycles. The van der Waals surface area contributed by atoms with Gasteiger partial charge >= 0.3 is 5.97 Å². The molecule has 3 aromatic rings. The number of hydrogen-bond acceptors (Lipinski definition) is 8. The molecule has 1 aromatic heterocycles. The van der Waals surface area contributed by atoms with E-state index in [1.165, 1.54) is 25.6 Å². The van der Waals surface area contributed by atoms with Gasteiger partial charge in [-0.2, -0.15) is 0 Å². The maximum Gasteiger partial charge on any atom is 0.315 e. The summed E-state index contributed by atoms with van der Waals surface area (Å²) in [4.78, 5) is 31.7. The minimum atomic E-state index is -1.02. The van der Waals surface area contributed by atoms with Crippen molar-refractivity contribution in [3.63, 3.8) is 0 Å². The fourth-order valence-corrected chi connectivity index (χ4v) is 6.51. The van der Waals surface area contributed by atoms with Crippen molar-refractivity contribution >= 4 is 23.4 Å². The monoisotopic (exact) mass is 464 g/mol. The van der Waals surface area contributed by atoms with Gasteiger partial charge in [-0.05, 0) is 25.1 Å². The number of rotatable bonds is 3. The van der Waals surface area contributed by atoms with E-state index in [2.05, 4.69) is 0 Å². The number of phenolic OH excluding ortho intramolecular Hbond substituents is 1. The average molecular weight is 464 g/mol. The highest BCUT2D eigenvalue weighted by Gasteiger charge is 2.88. The Balaban J connectivity index is 1.61. The summed E-state index contributed by atoms with van der Waals surface area (Å²) >= 11 is 1.22. The fraction of sp³-hybridized carbons (Fsp3) is 0.292. The number of carbonyl (C=O) groups is 1. The summed E-state index contributed by atoms with van der Waals surface area (Å²) < 4.78 is 18.7. The average Bonchev–Trinajstić information content (AvgIpc) is 3.02. The van der Waals surface area contributed by atoms with E-state index in [1.54, 1.807) is 28.8 Å². The van der Waals surface area contributed by atoms with Crippen LogP contribution in [0.5, 0.6) is 17.2 Å². The molecule has 2 aromatic carbocycles. The van der Waals surface area contributed by atoms with Gasteiger partial charge in [0.05, 0.1) is 18.8 Å². The summed E-state index contributed by atoms with van der Waals surface area (Å²) in [5.74, 6) is -0.123. The second-order valence-corrected chi connectivity index (χ2v) is 9.53. The molecule has 1 spiro atoms. The zero-order chi connectivity index (χ0) is 23.1. The molecule has 2 aliphatic heterocycles. The number of carbonyl (C=O) groups excluding carboxylic acids is 1. The predicted octanol–water partition coefficient (Wildman–Crippen LogP) is 1.37. The number of ether oxygens (including phenoxy) is 3. The van der Waals surface area contributed by atoms with Gasteiger partial charge in [-0.15, -0.1) is 0 Å². The molecule has 9 heteroatoms. The van der Waals surface area contributed by atoms with Crippen LogP contribution in [0.2, 0.25) is 0 Å². The van der Waals surface area contributed by atoms with Gasteiger partial charge < -0.3 is 19.3 Å². The number of methoxy groups -OCH3 is 2. The van der Waals surface area contributed by atoms with Crippen LogP contribution in [0.1, 0.15) is 24.1 Å². The SMILES string of the molecule is COC(=O)[C@@H]1[C@@]23Oc4ccccc4[C@H]2n2c(s/c(=C\c4cccc(OC)c4O)c2=O)=N[C@]13C. The Morgan fingerprint density at radius 2 is 2.03 bits per heavy atom. The minimum Gasteiger partial charge on any atom is -0.504 e. The number of aromatic nitrogens is 1.